The molecule has 0 fully saturated rings. The number of anilines is 1. The first-order valence-corrected chi connectivity index (χ1v) is 9.88. The van der Waals surface area contributed by atoms with Gasteiger partial charge in [0, 0.05) is 48.3 Å². The molecule has 0 aliphatic heterocycles. The minimum absolute atomic E-state index is 0.558. The van der Waals surface area contributed by atoms with Crippen LogP contribution in [0.1, 0.15) is 5.56 Å². The number of benzene rings is 1. The number of hydrogen-bond donors (Lipinski definition) is 6. The standard InChI is InChI=1S/C15H16N4.2C4H4O4/c16-8-5-12-11-19(15-4-2-1-3-14(12)15)18-13-6-9-17-10-7-13;2*5-3(6)1-2-4(7)8/h1-4,6-7,9-11H,5,8,16H2,(H,17,18);2*1-2H,(H,5,6)(H,7,8)/b;2*2-1-. The predicted octanol–water partition coefficient (Wildman–Crippen LogP) is 1.84. The fraction of sp³-hybridized carbons (Fsp3) is 0.0870. The Labute approximate surface area is 199 Å². The molecule has 0 bridgehead atoms. The Morgan fingerprint density at radius 2 is 1.31 bits per heavy atom. The molecule has 0 amide bonds. The van der Waals surface area contributed by atoms with Gasteiger partial charge in [-0.05, 0) is 36.7 Å². The maximum atomic E-state index is 9.55. The number of carboxylic acid groups (broad SMARTS) is 4. The van der Waals surface area contributed by atoms with E-state index >= 15 is 0 Å². The minimum Gasteiger partial charge on any atom is -0.478 e. The van der Waals surface area contributed by atoms with Gasteiger partial charge in [-0.25, -0.2) is 19.2 Å². The number of carboxylic acids is 4. The van der Waals surface area contributed by atoms with Gasteiger partial charge in [0.15, 0.2) is 0 Å². The first-order chi connectivity index (χ1) is 16.6. The smallest absolute Gasteiger partial charge is 0.328 e. The highest BCUT2D eigenvalue weighted by Gasteiger charge is 2.07. The maximum Gasteiger partial charge on any atom is 0.328 e. The van der Waals surface area contributed by atoms with E-state index in [2.05, 4.69) is 34.8 Å². The summed E-state index contributed by atoms with van der Waals surface area (Å²) in [7, 11) is 0. The van der Waals surface area contributed by atoms with Gasteiger partial charge in [-0.2, -0.15) is 0 Å². The quantitative estimate of drug-likeness (QED) is 0.254. The van der Waals surface area contributed by atoms with Crippen LogP contribution in [0.5, 0.6) is 0 Å². The summed E-state index contributed by atoms with van der Waals surface area (Å²) in [6, 6.07) is 12.2. The lowest BCUT2D eigenvalue weighted by atomic mass is 10.1. The van der Waals surface area contributed by atoms with E-state index in [1.165, 1.54) is 10.9 Å². The van der Waals surface area contributed by atoms with Crippen LogP contribution in [-0.4, -0.2) is 60.5 Å². The van der Waals surface area contributed by atoms with Crippen molar-refractivity contribution >= 4 is 40.5 Å². The monoisotopic (exact) mass is 484 g/mol. The van der Waals surface area contributed by atoms with Gasteiger partial charge in [0.1, 0.15) is 0 Å². The molecule has 3 rings (SSSR count). The third-order valence-electron chi connectivity index (χ3n) is 3.87. The largest absolute Gasteiger partial charge is 0.478 e. The topological polar surface area (TPSA) is 205 Å². The Balaban J connectivity index is 0.000000320. The van der Waals surface area contributed by atoms with Crippen molar-refractivity contribution in [1.82, 2.24) is 9.66 Å². The molecule has 0 aliphatic carbocycles. The molecule has 2 heterocycles. The summed E-state index contributed by atoms with van der Waals surface area (Å²) in [5.74, 6) is -5.03. The second-order valence-electron chi connectivity index (χ2n) is 6.45. The van der Waals surface area contributed by atoms with Crippen LogP contribution in [-0.2, 0) is 25.6 Å². The average molecular weight is 484 g/mol. The Kier molecular flexibility index (Phi) is 12.0. The number of nitrogens with zero attached hydrogens (tertiary/aromatic N) is 2. The number of fused-ring (bicyclic) bond motifs is 1. The summed E-state index contributed by atoms with van der Waals surface area (Å²) in [4.78, 5) is 42.2. The molecular formula is C23H24N4O8. The summed E-state index contributed by atoms with van der Waals surface area (Å²) in [5, 5.41) is 32.5. The van der Waals surface area contributed by atoms with Gasteiger partial charge in [0.25, 0.3) is 0 Å². The number of nitrogens with two attached hydrogens (primary N) is 1. The van der Waals surface area contributed by atoms with Crippen LogP contribution in [0.3, 0.4) is 0 Å². The van der Waals surface area contributed by atoms with Gasteiger partial charge in [-0.1, -0.05) is 18.2 Å². The van der Waals surface area contributed by atoms with E-state index in [9.17, 15) is 19.2 Å². The number of nitrogens with one attached hydrogen (secondary N) is 1. The number of aliphatic carboxylic acids is 4. The Morgan fingerprint density at radius 1 is 0.829 bits per heavy atom. The van der Waals surface area contributed by atoms with Crippen LogP contribution < -0.4 is 11.2 Å². The second-order valence-corrected chi connectivity index (χ2v) is 6.45. The van der Waals surface area contributed by atoms with Gasteiger partial charge in [-0.3, -0.25) is 15.1 Å². The van der Waals surface area contributed by atoms with Gasteiger partial charge >= 0.3 is 23.9 Å². The van der Waals surface area contributed by atoms with Crippen LogP contribution in [0.15, 0.2) is 79.3 Å². The number of para-hydroxylation sites is 1. The van der Waals surface area contributed by atoms with Crippen molar-refractivity contribution in [2.75, 3.05) is 12.0 Å². The Morgan fingerprint density at radius 3 is 1.77 bits per heavy atom. The minimum atomic E-state index is -1.26. The van der Waals surface area contributed by atoms with Crippen LogP contribution in [0.4, 0.5) is 5.69 Å². The number of rotatable bonds is 8. The molecule has 0 saturated carbocycles. The first kappa shape index (κ1) is 28.1. The summed E-state index contributed by atoms with van der Waals surface area (Å²) >= 11 is 0. The Hall–Kier alpha value is -4.97. The molecule has 35 heavy (non-hydrogen) atoms. The first-order valence-electron chi connectivity index (χ1n) is 9.88. The van der Waals surface area contributed by atoms with Crippen molar-refractivity contribution in [3.63, 3.8) is 0 Å². The fourth-order valence-electron chi connectivity index (χ4n) is 2.55. The van der Waals surface area contributed by atoms with Gasteiger partial charge in [-0.15, -0.1) is 0 Å². The molecule has 7 N–H and O–H groups in total. The molecular weight excluding hydrogens is 460 g/mol. The molecule has 0 spiro atoms. The molecule has 12 nitrogen and oxygen atoms in total. The zero-order valence-electron chi connectivity index (χ0n) is 18.3. The number of aromatic nitrogens is 2. The van der Waals surface area contributed by atoms with Gasteiger partial charge in [0.2, 0.25) is 0 Å². The van der Waals surface area contributed by atoms with E-state index in [1.807, 2.05) is 22.9 Å². The SMILES string of the molecule is NCCc1cn(Nc2ccncc2)c2ccccc12.O=C(O)/C=C\C(=O)O.O=C(O)/C=C\C(=O)O. The summed E-state index contributed by atoms with van der Waals surface area (Å²) in [6.45, 7) is 0.656. The molecule has 1 aromatic carbocycles. The highest BCUT2D eigenvalue weighted by molar-refractivity contribution is 5.90. The van der Waals surface area contributed by atoms with Crippen molar-refractivity contribution in [3.8, 4) is 0 Å². The normalized spacial score (nSPS) is 10.2. The molecule has 12 heteroatoms. The molecule has 0 aliphatic rings. The predicted molar refractivity (Wildman–Crippen MR) is 127 cm³/mol. The van der Waals surface area contributed by atoms with E-state index in [1.54, 1.807) is 12.4 Å². The highest BCUT2D eigenvalue weighted by atomic mass is 16.4. The lowest BCUT2D eigenvalue weighted by Gasteiger charge is -2.08. The molecule has 184 valence electrons. The van der Waals surface area contributed by atoms with E-state index in [4.69, 9.17) is 26.2 Å². The lowest BCUT2D eigenvalue weighted by Crippen LogP contribution is -2.07. The van der Waals surface area contributed by atoms with Crippen molar-refractivity contribution in [1.29, 1.82) is 0 Å². The molecule has 0 unspecified atom stereocenters. The van der Waals surface area contributed by atoms with E-state index < -0.39 is 23.9 Å². The van der Waals surface area contributed by atoms with Crippen molar-refractivity contribution < 1.29 is 39.6 Å². The fourth-order valence-corrected chi connectivity index (χ4v) is 2.55. The summed E-state index contributed by atoms with van der Waals surface area (Å²) in [5.41, 5.74) is 12.5. The number of carbonyl (C=O) groups is 4. The van der Waals surface area contributed by atoms with Crippen LogP contribution in [0.2, 0.25) is 0 Å². The zero-order chi connectivity index (χ0) is 26.2. The molecule has 0 atom stereocenters. The lowest BCUT2D eigenvalue weighted by molar-refractivity contribution is -0.134. The third-order valence-corrected chi connectivity index (χ3v) is 3.87. The van der Waals surface area contributed by atoms with Gasteiger partial charge in [0.05, 0.1) is 11.2 Å². The van der Waals surface area contributed by atoms with Crippen LogP contribution in [0, 0.1) is 0 Å². The third kappa shape index (κ3) is 11.5. The summed E-state index contributed by atoms with van der Waals surface area (Å²) < 4.78 is 2.04. The second kappa shape index (κ2) is 15.0. The van der Waals surface area contributed by atoms with Crippen molar-refractivity contribution in [2.24, 2.45) is 5.73 Å². The summed E-state index contributed by atoms with van der Waals surface area (Å²) in [6.07, 6.45) is 8.77. The highest BCUT2D eigenvalue weighted by Crippen LogP contribution is 2.21. The maximum absolute atomic E-state index is 9.55. The Bertz CT molecular complexity index is 1140. The number of hydrogen-bond acceptors (Lipinski definition) is 7. The van der Waals surface area contributed by atoms with Crippen molar-refractivity contribution in [3.05, 3.63) is 84.9 Å². The number of pyridine rings is 1. The molecule has 0 radical (unpaired) electrons. The average Bonchev–Trinajstić information content (AvgIpc) is 3.15. The van der Waals surface area contributed by atoms with E-state index in [-0.39, 0.29) is 0 Å². The van der Waals surface area contributed by atoms with Crippen LogP contribution in [0.25, 0.3) is 10.9 Å². The van der Waals surface area contributed by atoms with E-state index in [0.717, 1.165) is 17.6 Å². The molecule has 0 saturated heterocycles. The molecule has 3 aromatic rings. The van der Waals surface area contributed by atoms with Gasteiger partial charge < -0.3 is 26.2 Å². The van der Waals surface area contributed by atoms with Crippen LogP contribution >= 0.6 is 0 Å². The van der Waals surface area contributed by atoms with E-state index in [0.29, 0.717) is 30.8 Å². The molecule has 2 aromatic heterocycles. The van der Waals surface area contributed by atoms with Crippen molar-refractivity contribution in [2.45, 2.75) is 6.42 Å². The zero-order valence-corrected chi connectivity index (χ0v) is 18.3.